The lowest BCUT2D eigenvalue weighted by atomic mass is 9.82. The van der Waals surface area contributed by atoms with E-state index < -0.39 is 5.41 Å². The predicted octanol–water partition coefficient (Wildman–Crippen LogP) is 3.77. The summed E-state index contributed by atoms with van der Waals surface area (Å²) >= 11 is 0. The van der Waals surface area contributed by atoms with E-state index >= 15 is 0 Å². The van der Waals surface area contributed by atoms with Gasteiger partial charge in [-0.05, 0) is 46.5 Å². The molecule has 2 amide bonds. The van der Waals surface area contributed by atoms with E-state index in [0.29, 0.717) is 5.69 Å². The van der Waals surface area contributed by atoms with Crippen molar-refractivity contribution in [2.24, 2.45) is 10.8 Å². The van der Waals surface area contributed by atoms with Crippen molar-refractivity contribution < 1.29 is 14.3 Å². The number of carbonyl (C=O) groups excluding carboxylic acids is 2. The Bertz CT molecular complexity index is 607. The summed E-state index contributed by atoms with van der Waals surface area (Å²) in [6.45, 7) is 15.8. The van der Waals surface area contributed by atoms with E-state index in [1.54, 1.807) is 27.0 Å². The number of urea groups is 1. The van der Waals surface area contributed by atoms with E-state index in [0.717, 1.165) is 6.42 Å². The maximum Gasteiger partial charge on any atom is 0.319 e. The van der Waals surface area contributed by atoms with Crippen LogP contribution in [0.2, 0.25) is 0 Å². The van der Waals surface area contributed by atoms with Crippen LogP contribution in [0.5, 0.6) is 0 Å². The minimum absolute atomic E-state index is 0.00885. The van der Waals surface area contributed by atoms with Gasteiger partial charge in [-0.15, -0.1) is 0 Å². The second-order valence-corrected chi connectivity index (χ2v) is 9.28. The second kappa shape index (κ2) is 7.45. The average molecular weight is 352 g/mol. The number of rotatable bonds is 5. The van der Waals surface area contributed by atoms with Crippen LogP contribution in [-0.2, 0) is 16.3 Å². The molecule has 0 fully saturated rings. The largest absolute Gasteiger partial charge is 0.442 e. The Kier molecular flexibility index (Phi) is 6.26. The van der Waals surface area contributed by atoms with Crippen LogP contribution in [0.25, 0.3) is 0 Å². The van der Waals surface area contributed by atoms with Crippen LogP contribution in [0.3, 0.4) is 0 Å². The zero-order valence-electron chi connectivity index (χ0n) is 16.7. The molecule has 1 aromatic rings. The van der Waals surface area contributed by atoms with Gasteiger partial charge in [0.2, 0.25) is 0 Å². The van der Waals surface area contributed by atoms with Gasteiger partial charge >= 0.3 is 12.0 Å². The third kappa shape index (κ3) is 8.05. The molecule has 0 aliphatic heterocycles. The Labute approximate surface area is 150 Å². The number of anilines is 1. The molecular weight excluding hydrogens is 320 g/mol. The topological polar surface area (TPSA) is 85.2 Å². The molecule has 2 N–H and O–H groups in total. The first-order valence-electron chi connectivity index (χ1n) is 8.47. The summed E-state index contributed by atoms with van der Waals surface area (Å²) in [5.74, 6) is -0.306. The van der Waals surface area contributed by atoms with Crippen molar-refractivity contribution >= 4 is 17.7 Å². The van der Waals surface area contributed by atoms with E-state index in [-0.39, 0.29) is 29.7 Å². The molecule has 1 aromatic heterocycles. The molecule has 7 heteroatoms. The van der Waals surface area contributed by atoms with Crippen LogP contribution in [-0.4, -0.2) is 27.3 Å². The first-order valence-corrected chi connectivity index (χ1v) is 8.47. The van der Waals surface area contributed by atoms with E-state index in [4.69, 9.17) is 4.74 Å². The first kappa shape index (κ1) is 21.0. The number of ether oxygens (including phenoxy) is 1. The lowest BCUT2D eigenvalue weighted by Crippen LogP contribution is -2.47. The van der Waals surface area contributed by atoms with E-state index in [2.05, 4.69) is 36.5 Å². The normalized spacial score (nSPS) is 12.6. The minimum atomic E-state index is -0.563. The van der Waals surface area contributed by atoms with E-state index in [9.17, 15) is 9.59 Å². The Morgan fingerprint density at radius 2 is 1.72 bits per heavy atom. The lowest BCUT2D eigenvalue weighted by Gasteiger charge is -2.33. The van der Waals surface area contributed by atoms with Gasteiger partial charge in [-0.1, -0.05) is 20.8 Å². The number of nitrogens with zero attached hydrogens (tertiary/aromatic N) is 2. The van der Waals surface area contributed by atoms with Gasteiger partial charge in [-0.3, -0.25) is 4.79 Å². The highest BCUT2D eigenvalue weighted by atomic mass is 16.5. The third-order valence-electron chi connectivity index (χ3n) is 3.26. The molecule has 0 radical (unpaired) electrons. The third-order valence-corrected chi connectivity index (χ3v) is 3.26. The number of amides is 2. The molecule has 0 aromatic carbocycles. The zero-order valence-corrected chi connectivity index (χ0v) is 16.7. The second-order valence-electron chi connectivity index (χ2n) is 9.28. The Morgan fingerprint density at radius 3 is 2.24 bits per heavy atom. The highest BCUT2D eigenvalue weighted by molar-refractivity contribution is 5.89. The van der Waals surface area contributed by atoms with Gasteiger partial charge < -0.3 is 15.4 Å². The van der Waals surface area contributed by atoms with E-state index in [1.165, 1.54) is 10.9 Å². The fourth-order valence-electron chi connectivity index (χ4n) is 2.68. The van der Waals surface area contributed by atoms with Crippen LogP contribution in [0.15, 0.2) is 12.4 Å². The smallest absolute Gasteiger partial charge is 0.319 e. The first-order chi connectivity index (χ1) is 11.2. The van der Waals surface area contributed by atoms with Gasteiger partial charge in [0.25, 0.3) is 0 Å². The Morgan fingerprint density at radius 1 is 1.12 bits per heavy atom. The highest BCUT2D eigenvalue weighted by Gasteiger charge is 2.27. The number of hydrogen-bond donors (Lipinski definition) is 2. The number of hydrogen-bond acceptors (Lipinski definition) is 4. The fraction of sp³-hybridized carbons (Fsp3) is 0.722. The Hall–Kier alpha value is -2.05. The summed E-state index contributed by atoms with van der Waals surface area (Å²) in [7, 11) is 0. The molecule has 7 nitrogen and oxygen atoms in total. The highest BCUT2D eigenvalue weighted by Crippen LogP contribution is 2.26. The van der Waals surface area contributed by atoms with Gasteiger partial charge in [0.15, 0.2) is 6.73 Å². The van der Waals surface area contributed by atoms with Gasteiger partial charge in [0.1, 0.15) is 0 Å². The molecule has 142 valence electrons. The summed E-state index contributed by atoms with van der Waals surface area (Å²) < 4.78 is 6.64. The molecule has 0 unspecified atom stereocenters. The molecule has 0 aliphatic rings. The number of carbonyl (C=O) groups is 2. The van der Waals surface area contributed by atoms with Gasteiger partial charge in [0, 0.05) is 5.54 Å². The lowest BCUT2D eigenvalue weighted by molar-refractivity contribution is -0.157. The SMILES string of the molecule is CC(C)(C)CC(C)(C)NC(=O)Nc1cnn(COC(=O)C(C)(C)C)c1. The van der Waals surface area contributed by atoms with Crippen LogP contribution in [0.1, 0.15) is 61.8 Å². The maximum absolute atomic E-state index is 12.2. The van der Waals surface area contributed by atoms with Crippen LogP contribution >= 0.6 is 0 Å². The minimum Gasteiger partial charge on any atom is -0.442 e. The summed E-state index contributed by atoms with van der Waals surface area (Å²) in [5, 5.41) is 9.79. The standard InChI is InChI=1S/C18H32N4O3/c1-16(2,3)11-18(7,8)21-15(24)20-13-9-19-22(10-13)12-25-14(23)17(4,5)6/h9-10H,11-12H2,1-8H3,(H2,20,21,24). The summed E-state index contributed by atoms with van der Waals surface area (Å²) in [6.07, 6.45) is 3.98. The molecular formula is C18H32N4O3. The van der Waals surface area contributed by atoms with Gasteiger partial charge in [-0.25, -0.2) is 9.48 Å². The van der Waals surface area contributed by atoms with Crippen molar-refractivity contribution in [3.05, 3.63) is 12.4 Å². The monoisotopic (exact) mass is 352 g/mol. The predicted molar refractivity (Wildman–Crippen MR) is 98.1 cm³/mol. The summed E-state index contributed by atoms with van der Waals surface area (Å²) in [4.78, 5) is 23.9. The average Bonchev–Trinajstić information content (AvgIpc) is 2.78. The van der Waals surface area contributed by atoms with Crippen LogP contribution in [0.4, 0.5) is 10.5 Å². The molecule has 0 saturated carbocycles. The molecule has 0 bridgehead atoms. The number of nitrogens with one attached hydrogen (secondary N) is 2. The van der Waals surface area contributed by atoms with Crippen molar-refractivity contribution in [3.63, 3.8) is 0 Å². The summed E-state index contributed by atoms with van der Waals surface area (Å²) in [6, 6.07) is -0.291. The quantitative estimate of drug-likeness (QED) is 0.790. The van der Waals surface area contributed by atoms with Crippen molar-refractivity contribution in [1.29, 1.82) is 0 Å². The molecule has 0 spiro atoms. The van der Waals surface area contributed by atoms with Crippen LogP contribution < -0.4 is 10.6 Å². The molecule has 0 aliphatic carbocycles. The number of esters is 1. The summed E-state index contributed by atoms with van der Waals surface area (Å²) in [5.41, 5.74) is -0.248. The fourth-order valence-corrected chi connectivity index (χ4v) is 2.68. The zero-order chi connectivity index (χ0) is 19.5. The van der Waals surface area contributed by atoms with Crippen molar-refractivity contribution in [2.45, 2.75) is 74.1 Å². The van der Waals surface area contributed by atoms with Gasteiger partial charge in [0.05, 0.1) is 23.5 Å². The number of aromatic nitrogens is 2. The maximum atomic E-state index is 12.2. The molecule has 1 heterocycles. The molecule has 0 saturated heterocycles. The van der Waals surface area contributed by atoms with Crippen LogP contribution in [0, 0.1) is 10.8 Å². The van der Waals surface area contributed by atoms with E-state index in [1.807, 2.05) is 13.8 Å². The van der Waals surface area contributed by atoms with Crippen molar-refractivity contribution in [3.8, 4) is 0 Å². The molecule has 1 rings (SSSR count). The van der Waals surface area contributed by atoms with Gasteiger partial charge in [-0.2, -0.15) is 5.10 Å². The van der Waals surface area contributed by atoms with Crippen molar-refractivity contribution in [2.75, 3.05) is 5.32 Å². The molecule has 0 atom stereocenters. The molecule has 25 heavy (non-hydrogen) atoms. The van der Waals surface area contributed by atoms with Crippen molar-refractivity contribution in [1.82, 2.24) is 15.1 Å². The Balaban J connectivity index is 2.54.